The summed E-state index contributed by atoms with van der Waals surface area (Å²) in [7, 11) is 0. The number of carbonyl (C=O) groups is 2. The van der Waals surface area contributed by atoms with E-state index in [0.29, 0.717) is 22.9 Å². The van der Waals surface area contributed by atoms with Gasteiger partial charge in [-0.1, -0.05) is 25.1 Å². The van der Waals surface area contributed by atoms with Crippen LogP contribution in [0.3, 0.4) is 0 Å². The number of thiophene rings is 1. The van der Waals surface area contributed by atoms with Crippen LogP contribution in [-0.4, -0.2) is 43.1 Å². The highest BCUT2D eigenvalue weighted by Gasteiger charge is 2.29. The molecule has 0 unspecified atom stereocenters. The fourth-order valence-electron chi connectivity index (χ4n) is 3.06. The third-order valence-electron chi connectivity index (χ3n) is 4.43. The molecule has 7 heteroatoms. The standard InChI is InChI=1S/C20H24N2O4S/c1-3-22-11-10-15-16(12-22)27-19(18(15)20(24)25-4-2)21-17(23)13-26-14-8-6-5-7-9-14/h5-9H,3-4,10-13H2,1-2H3,(H,21,23). The topological polar surface area (TPSA) is 67.9 Å². The molecule has 144 valence electrons. The van der Waals surface area contributed by atoms with E-state index in [2.05, 4.69) is 17.1 Å². The number of anilines is 1. The summed E-state index contributed by atoms with van der Waals surface area (Å²) in [6.45, 7) is 6.73. The van der Waals surface area contributed by atoms with Crippen LogP contribution in [0.2, 0.25) is 0 Å². The van der Waals surface area contributed by atoms with Gasteiger partial charge in [-0.25, -0.2) is 4.79 Å². The number of hydrogen-bond donors (Lipinski definition) is 1. The molecule has 1 aromatic heterocycles. The SMILES string of the molecule is CCOC(=O)c1c(NC(=O)COc2ccccc2)sc2c1CCN(CC)C2. The van der Waals surface area contributed by atoms with Crippen LogP contribution in [0.25, 0.3) is 0 Å². The van der Waals surface area contributed by atoms with Crippen LogP contribution in [0.4, 0.5) is 5.00 Å². The first-order chi connectivity index (χ1) is 13.1. The van der Waals surface area contributed by atoms with Gasteiger partial charge in [-0.05, 0) is 37.6 Å². The molecule has 2 heterocycles. The van der Waals surface area contributed by atoms with E-state index >= 15 is 0 Å². The zero-order valence-corrected chi connectivity index (χ0v) is 16.4. The summed E-state index contributed by atoms with van der Waals surface area (Å²) in [5.74, 6) is -0.0445. The number of benzene rings is 1. The molecular formula is C20H24N2O4S. The molecule has 1 N–H and O–H groups in total. The molecule has 1 aliphatic rings. The zero-order valence-electron chi connectivity index (χ0n) is 15.6. The number of fused-ring (bicyclic) bond motifs is 1. The molecule has 27 heavy (non-hydrogen) atoms. The van der Waals surface area contributed by atoms with Crippen molar-refractivity contribution in [2.24, 2.45) is 0 Å². The predicted octanol–water partition coefficient (Wildman–Crippen LogP) is 3.32. The van der Waals surface area contributed by atoms with Crippen molar-refractivity contribution < 1.29 is 19.1 Å². The van der Waals surface area contributed by atoms with Crippen LogP contribution in [0.15, 0.2) is 30.3 Å². The molecular weight excluding hydrogens is 364 g/mol. The van der Waals surface area contributed by atoms with E-state index in [0.717, 1.165) is 36.5 Å². The van der Waals surface area contributed by atoms with Crippen molar-refractivity contribution in [1.29, 1.82) is 0 Å². The van der Waals surface area contributed by atoms with Crippen molar-refractivity contribution in [2.75, 3.05) is 31.6 Å². The highest BCUT2D eigenvalue weighted by molar-refractivity contribution is 7.17. The number of likely N-dealkylation sites (N-methyl/N-ethyl adjacent to an activating group) is 1. The summed E-state index contributed by atoms with van der Waals surface area (Å²) < 4.78 is 10.7. The first kappa shape index (κ1) is 19.4. The highest BCUT2D eigenvalue weighted by atomic mass is 32.1. The van der Waals surface area contributed by atoms with Crippen LogP contribution in [0, 0.1) is 0 Å². The maximum absolute atomic E-state index is 12.5. The van der Waals surface area contributed by atoms with Gasteiger partial charge in [0.15, 0.2) is 6.61 Å². The molecule has 0 bridgehead atoms. The number of hydrogen-bond acceptors (Lipinski definition) is 6. The lowest BCUT2D eigenvalue weighted by Crippen LogP contribution is -2.30. The van der Waals surface area contributed by atoms with Crippen LogP contribution in [0.1, 0.15) is 34.6 Å². The molecule has 0 spiro atoms. The van der Waals surface area contributed by atoms with Gasteiger partial charge in [0.05, 0.1) is 12.2 Å². The number of rotatable bonds is 7. The van der Waals surface area contributed by atoms with E-state index < -0.39 is 0 Å². The number of nitrogens with one attached hydrogen (secondary N) is 1. The Morgan fingerprint density at radius 3 is 2.70 bits per heavy atom. The average molecular weight is 388 g/mol. The van der Waals surface area contributed by atoms with E-state index in [1.54, 1.807) is 19.1 Å². The second-order valence-corrected chi connectivity index (χ2v) is 7.30. The Bertz CT molecular complexity index is 804. The molecule has 3 rings (SSSR count). The molecule has 0 saturated heterocycles. The Morgan fingerprint density at radius 2 is 2.00 bits per heavy atom. The maximum Gasteiger partial charge on any atom is 0.341 e. The van der Waals surface area contributed by atoms with Crippen molar-refractivity contribution in [3.8, 4) is 5.75 Å². The van der Waals surface area contributed by atoms with E-state index in [4.69, 9.17) is 9.47 Å². The number of esters is 1. The van der Waals surface area contributed by atoms with Crippen molar-refractivity contribution in [2.45, 2.75) is 26.8 Å². The van der Waals surface area contributed by atoms with E-state index in [1.165, 1.54) is 11.3 Å². The minimum atomic E-state index is -0.376. The van der Waals surface area contributed by atoms with Gasteiger partial charge >= 0.3 is 5.97 Å². The largest absolute Gasteiger partial charge is 0.484 e. The third-order valence-corrected chi connectivity index (χ3v) is 5.56. The Kier molecular flexibility index (Phi) is 6.47. The smallest absolute Gasteiger partial charge is 0.341 e. The van der Waals surface area contributed by atoms with Gasteiger partial charge in [-0.15, -0.1) is 11.3 Å². The third kappa shape index (κ3) is 4.67. The number of amides is 1. The Balaban J connectivity index is 1.76. The summed E-state index contributed by atoms with van der Waals surface area (Å²) in [5.41, 5.74) is 1.50. The van der Waals surface area contributed by atoms with Gasteiger partial charge in [-0.3, -0.25) is 9.69 Å². The summed E-state index contributed by atoms with van der Waals surface area (Å²) >= 11 is 1.46. The van der Waals surface area contributed by atoms with Gasteiger partial charge < -0.3 is 14.8 Å². The Morgan fingerprint density at radius 1 is 1.22 bits per heavy atom. The highest BCUT2D eigenvalue weighted by Crippen LogP contribution is 2.37. The number of para-hydroxylation sites is 1. The predicted molar refractivity (Wildman–Crippen MR) is 105 cm³/mol. The van der Waals surface area contributed by atoms with Crippen molar-refractivity contribution in [3.05, 3.63) is 46.3 Å². The van der Waals surface area contributed by atoms with Crippen LogP contribution >= 0.6 is 11.3 Å². The van der Waals surface area contributed by atoms with E-state index in [9.17, 15) is 9.59 Å². The first-order valence-electron chi connectivity index (χ1n) is 9.14. The van der Waals surface area contributed by atoms with E-state index in [1.807, 2.05) is 18.2 Å². The molecule has 1 amide bonds. The molecule has 0 saturated carbocycles. The lowest BCUT2D eigenvalue weighted by atomic mass is 10.0. The normalized spacial score (nSPS) is 13.7. The van der Waals surface area contributed by atoms with Crippen molar-refractivity contribution in [1.82, 2.24) is 4.90 Å². The number of nitrogens with zero attached hydrogens (tertiary/aromatic N) is 1. The van der Waals surface area contributed by atoms with Gasteiger partial charge in [-0.2, -0.15) is 0 Å². The summed E-state index contributed by atoms with van der Waals surface area (Å²) in [5, 5.41) is 3.40. The lowest BCUT2D eigenvalue weighted by Gasteiger charge is -2.25. The molecule has 1 aromatic carbocycles. The zero-order chi connectivity index (χ0) is 19.2. The van der Waals surface area contributed by atoms with Crippen LogP contribution < -0.4 is 10.1 Å². The summed E-state index contributed by atoms with van der Waals surface area (Å²) in [6, 6.07) is 9.16. The summed E-state index contributed by atoms with van der Waals surface area (Å²) in [4.78, 5) is 28.3. The van der Waals surface area contributed by atoms with Crippen LogP contribution in [0.5, 0.6) is 5.75 Å². The molecule has 0 radical (unpaired) electrons. The minimum absolute atomic E-state index is 0.115. The molecule has 6 nitrogen and oxygen atoms in total. The monoisotopic (exact) mass is 388 g/mol. The summed E-state index contributed by atoms with van der Waals surface area (Å²) in [6.07, 6.45) is 0.782. The number of ether oxygens (including phenoxy) is 2. The number of carbonyl (C=O) groups excluding carboxylic acids is 2. The first-order valence-corrected chi connectivity index (χ1v) is 9.95. The maximum atomic E-state index is 12.5. The lowest BCUT2D eigenvalue weighted by molar-refractivity contribution is -0.118. The molecule has 0 fully saturated rings. The fraction of sp³-hybridized carbons (Fsp3) is 0.400. The van der Waals surface area contributed by atoms with Gasteiger partial charge in [0.25, 0.3) is 5.91 Å². The van der Waals surface area contributed by atoms with Gasteiger partial charge in [0.2, 0.25) is 0 Å². The fourth-order valence-corrected chi connectivity index (χ4v) is 4.36. The second kappa shape index (κ2) is 9.01. The minimum Gasteiger partial charge on any atom is -0.484 e. The van der Waals surface area contributed by atoms with Gasteiger partial charge in [0, 0.05) is 18.0 Å². The molecule has 2 aromatic rings. The van der Waals surface area contributed by atoms with Crippen molar-refractivity contribution in [3.63, 3.8) is 0 Å². The van der Waals surface area contributed by atoms with E-state index in [-0.39, 0.29) is 18.5 Å². The molecule has 1 aliphatic heterocycles. The molecule has 0 atom stereocenters. The molecule has 0 aliphatic carbocycles. The van der Waals surface area contributed by atoms with Crippen LogP contribution in [-0.2, 0) is 22.5 Å². The van der Waals surface area contributed by atoms with Crippen molar-refractivity contribution >= 4 is 28.2 Å². The van der Waals surface area contributed by atoms with Gasteiger partial charge in [0.1, 0.15) is 10.8 Å². The Hall–Kier alpha value is -2.38. The Labute approximate surface area is 163 Å². The average Bonchev–Trinajstić information content (AvgIpc) is 3.04. The second-order valence-electron chi connectivity index (χ2n) is 6.20. The quantitative estimate of drug-likeness (QED) is 0.737.